The van der Waals surface area contributed by atoms with E-state index < -0.39 is 5.97 Å². The van der Waals surface area contributed by atoms with Crippen molar-refractivity contribution in [2.45, 2.75) is 46.5 Å². The lowest BCUT2D eigenvalue weighted by Crippen LogP contribution is -2.13. The largest absolute Gasteiger partial charge is 0.496 e. The molecule has 0 fully saturated rings. The fourth-order valence-corrected chi connectivity index (χ4v) is 3.15. The summed E-state index contributed by atoms with van der Waals surface area (Å²) >= 11 is 0. The van der Waals surface area contributed by atoms with E-state index in [1.54, 1.807) is 11.6 Å². The summed E-state index contributed by atoms with van der Waals surface area (Å²) in [5.74, 6) is -0.226. The molecule has 27 heavy (non-hydrogen) atoms. The Morgan fingerprint density at radius 2 is 1.93 bits per heavy atom. The number of aromatic nitrogens is 3. The maximum Gasteiger partial charge on any atom is 0.307 e. The van der Waals surface area contributed by atoms with E-state index in [1.165, 1.54) is 0 Å². The van der Waals surface area contributed by atoms with E-state index in [2.05, 4.69) is 25.8 Å². The van der Waals surface area contributed by atoms with Gasteiger partial charge in [0.2, 0.25) is 0 Å². The minimum absolute atomic E-state index is 0.133. The molecule has 2 heterocycles. The number of carboxylic acid groups (broad SMARTS) is 1. The third-order valence-electron chi connectivity index (χ3n) is 4.62. The quantitative estimate of drug-likeness (QED) is 0.756. The van der Waals surface area contributed by atoms with Crippen LogP contribution < -0.4 is 4.74 Å². The molecule has 2 aromatic heterocycles. The Morgan fingerprint density at radius 3 is 2.52 bits per heavy atom. The topological polar surface area (TPSA) is 76.7 Å². The molecule has 1 aromatic carbocycles. The van der Waals surface area contributed by atoms with Crippen LogP contribution >= 0.6 is 0 Å². The average Bonchev–Trinajstić information content (AvgIpc) is 2.99. The summed E-state index contributed by atoms with van der Waals surface area (Å²) in [5.41, 5.74) is 5.35. The number of aliphatic carboxylic acids is 1. The van der Waals surface area contributed by atoms with E-state index in [-0.39, 0.29) is 11.8 Å². The molecule has 0 saturated heterocycles. The summed E-state index contributed by atoms with van der Waals surface area (Å²) in [4.78, 5) is 16.1. The Hall–Kier alpha value is -2.89. The first-order chi connectivity index (χ1) is 12.6. The molecule has 6 nitrogen and oxygen atoms in total. The molecule has 0 radical (unpaired) electrons. The van der Waals surface area contributed by atoms with E-state index in [9.17, 15) is 9.90 Å². The third-order valence-corrected chi connectivity index (χ3v) is 4.62. The summed E-state index contributed by atoms with van der Waals surface area (Å²) in [6, 6.07) is 7.84. The summed E-state index contributed by atoms with van der Waals surface area (Å²) in [6.45, 7) is 10.1. The van der Waals surface area contributed by atoms with Gasteiger partial charge in [0.25, 0.3) is 0 Å². The molecule has 3 rings (SSSR count). The highest BCUT2D eigenvalue weighted by Crippen LogP contribution is 2.35. The van der Waals surface area contributed by atoms with Gasteiger partial charge in [-0.3, -0.25) is 4.79 Å². The molecule has 0 aliphatic carbocycles. The van der Waals surface area contributed by atoms with Gasteiger partial charge in [-0.15, -0.1) is 0 Å². The SMILES string of the molecule is COc1cc(C)ccc1-c1c(CC(=O)O)c(C)nc2cc(C(C)(C)C)nn12. The number of carboxylic acids is 1. The van der Waals surface area contributed by atoms with Gasteiger partial charge in [0.05, 0.1) is 24.9 Å². The van der Waals surface area contributed by atoms with Gasteiger partial charge in [-0.05, 0) is 31.5 Å². The van der Waals surface area contributed by atoms with Crippen LogP contribution in [0.1, 0.15) is 43.3 Å². The molecule has 0 aliphatic heterocycles. The van der Waals surface area contributed by atoms with Crippen LogP contribution in [0.4, 0.5) is 0 Å². The monoisotopic (exact) mass is 367 g/mol. The van der Waals surface area contributed by atoms with Gasteiger partial charge in [-0.2, -0.15) is 5.10 Å². The molecule has 1 N–H and O–H groups in total. The van der Waals surface area contributed by atoms with Crippen LogP contribution in [0.2, 0.25) is 0 Å². The standard InChI is InChI=1S/C21H25N3O3/c1-12-7-8-14(16(9-12)27-6)20-15(10-19(25)26)13(2)22-18-11-17(21(3,4)5)23-24(18)20/h7-9,11H,10H2,1-6H3,(H,25,26). The van der Waals surface area contributed by atoms with Crippen molar-refractivity contribution in [2.75, 3.05) is 7.11 Å². The Bertz CT molecular complexity index is 1030. The van der Waals surface area contributed by atoms with Crippen molar-refractivity contribution in [3.63, 3.8) is 0 Å². The number of carbonyl (C=O) groups is 1. The van der Waals surface area contributed by atoms with Crippen LogP contribution in [0.15, 0.2) is 24.3 Å². The predicted molar refractivity (Wildman–Crippen MR) is 104 cm³/mol. The van der Waals surface area contributed by atoms with Gasteiger partial charge in [0.15, 0.2) is 5.65 Å². The maximum absolute atomic E-state index is 11.5. The molecule has 0 spiro atoms. The first-order valence-corrected chi connectivity index (χ1v) is 8.88. The lowest BCUT2D eigenvalue weighted by Gasteiger charge is -2.17. The van der Waals surface area contributed by atoms with Gasteiger partial charge in [-0.25, -0.2) is 9.50 Å². The minimum Gasteiger partial charge on any atom is -0.496 e. The van der Waals surface area contributed by atoms with Crippen LogP contribution in [0.25, 0.3) is 16.9 Å². The fourth-order valence-electron chi connectivity index (χ4n) is 3.15. The number of ether oxygens (including phenoxy) is 1. The number of aryl methyl sites for hydroxylation is 2. The van der Waals surface area contributed by atoms with E-state index in [0.29, 0.717) is 28.3 Å². The molecule has 6 heteroatoms. The van der Waals surface area contributed by atoms with Crippen LogP contribution in [0.3, 0.4) is 0 Å². The van der Waals surface area contributed by atoms with E-state index >= 15 is 0 Å². The minimum atomic E-state index is -0.908. The predicted octanol–water partition coefficient (Wildman–Crippen LogP) is 3.95. The number of hydrogen-bond donors (Lipinski definition) is 1. The van der Waals surface area contributed by atoms with Crippen LogP contribution in [0.5, 0.6) is 5.75 Å². The highest BCUT2D eigenvalue weighted by molar-refractivity contribution is 5.79. The number of hydrogen-bond acceptors (Lipinski definition) is 4. The molecule has 0 unspecified atom stereocenters. The van der Waals surface area contributed by atoms with Crippen molar-refractivity contribution in [1.29, 1.82) is 0 Å². The Balaban J connectivity index is 2.42. The van der Waals surface area contributed by atoms with Crippen LogP contribution in [0, 0.1) is 13.8 Å². The number of fused-ring (bicyclic) bond motifs is 1. The molecule has 3 aromatic rings. The molecule has 0 aliphatic rings. The van der Waals surface area contributed by atoms with Crippen molar-refractivity contribution in [3.8, 4) is 17.0 Å². The first-order valence-electron chi connectivity index (χ1n) is 8.88. The summed E-state index contributed by atoms with van der Waals surface area (Å²) in [5, 5.41) is 14.2. The summed E-state index contributed by atoms with van der Waals surface area (Å²) in [6.07, 6.45) is -0.133. The highest BCUT2D eigenvalue weighted by Gasteiger charge is 2.24. The van der Waals surface area contributed by atoms with E-state index in [0.717, 1.165) is 16.8 Å². The third kappa shape index (κ3) is 3.52. The first kappa shape index (κ1) is 18.9. The number of methoxy groups -OCH3 is 1. The molecule has 142 valence electrons. The van der Waals surface area contributed by atoms with Gasteiger partial charge < -0.3 is 9.84 Å². The van der Waals surface area contributed by atoms with Gasteiger partial charge in [-0.1, -0.05) is 26.8 Å². The van der Waals surface area contributed by atoms with Gasteiger partial charge >= 0.3 is 5.97 Å². The fraction of sp³-hybridized carbons (Fsp3) is 0.381. The lowest BCUT2D eigenvalue weighted by molar-refractivity contribution is -0.136. The molecule has 0 saturated carbocycles. The molecule has 0 atom stereocenters. The van der Waals surface area contributed by atoms with Crippen molar-refractivity contribution < 1.29 is 14.6 Å². The maximum atomic E-state index is 11.5. The Morgan fingerprint density at radius 1 is 1.22 bits per heavy atom. The molecular weight excluding hydrogens is 342 g/mol. The average molecular weight is 367 g/mol. The van der Waals surface area contributed by atoms with Crippen LogP contribution in [-0.2, 0) is 16.6 Å². The highest BCUT2D eigenvalue weighted by atomic mass is 16.5. The smallest absolute Gasteiger partial charge is 0.307 e. The van der Waals surface area contributed by atoms with Crippen molar-refractivity contribution >= 4 is 11.6 Å². The second-order valence-electron chi connectivity index (χ2n) is 7.85. The number of rotatable bonds is 4. The van der Waals surface area contributed by atoms with Crippen LogP contribution in [-0.4, -0.2) is 32.8 Å². The number of nitrogens with zero attached hydrogens (tertiary/aromatic N) is 3. The summed E-state index contributed by atoms with van der Waals surface area (Å²) < 4.78 is 7.34. The van der Waals surface area contributed by atoms with E-state index in [1.807, 2.05) is 38.1 Å². The number of benzene rings is 1. The zero-order valence-corrected chi connectivity index (χ0v) is 16.6. The second kappa shape index (κ2) is 6.68. The Labute approximate surface area is 158 Å². The van der Waals surface area contributed by atoms with Crippen molar-refractivity contribution in [3.05, 3.63) is 46.8 Å². The van der Waals surface area contributed by atoms with E-state index in [4.69, 9.17) is 9.84 Å². The van der Waals surface area contributed by atoms with Gasteiger partial charge in [0.1, 0.15) is 5.75 Å². The molecule has 0 amide bonds. The molecular formula is C21H25N3O3. The lowest BCUT2D eigenvalue weighted by atomic mass is 9.93. The zero-order chi connectivity index (χ0) is 19.9. The molecule has 0 bridgehead atoms. The van der Waals surface area contributed by atoms with Crippen molar-refractivity contribution in [2.24, 2.45) is 0 Å². The second-order valence-corrected chi connectivity index (χ2v) is 7.85. The van der Waals surface area contributed by atoms with Gasteiger partial charge in [0, 0.05) is 28.3 Å². The zero-order valence-electron chi connectivity index (χ0n) is 16.6. The normalized spacial score (nSPS) is 11.8. The summed E-state index contributed by atoms with van der Waals surface area (Å²) in [7, 11) is 1.62. The Kier molecular flexibility index (Phi) is 4.68. The van der Waals surface area contributed by atoms with Crippen molar-refractivity contribution in [1.82, 2.24) is 14.6 Å².